The van der Waals surface area contributed by atoms with Crippen LogP contribution in [0, 0.1) is 0 Å². The van der Waals surface area contributed by atoms with Crippen LogP contribution >= 0.6 is 11.6 Å². The average molecular weight is 400 g/mol. The summed E-state index contributed by atoms with van der Waals surface area (Å²) in [6.07, 6.45) is -1.69. The second kappa shape index (κ2) is 9.47. The smallest absolute Gasteiger partial charge is 0.416 e. The normalized spacial score (nSPS) is 12.9. The van der Waals surface area contributed by atoms with Gasteiger partial charge in [0.1, 0.15) is 5.75 Å². The highest BCUT2D eigenvalue weighted by Gasteiger charge is 2.31. The lowest BCUT2D eigenvalue weighted by Crippen LogP contribution is -2.26. The van der Waals surface area contributed by atoms with E-state index in [-0.39, 0.29) is 11.8 Å². The summed E-state index contributed by atoms with van der Waals surface area (Å²) >= 11 is 6.25. The molecule has 2 rings (SSSR count). The first kappa shape index (κ1) is 21.6. The molecule has 0 bridgehead atoms. The van der Waals surface area contributed by atoms with Crippen LogP contribution in [0.5, 0.6) is 5.75 Å². The molecule has 0 aromatic heterocycles. The summed E-state index contributed by atoms with van der Waals surface area (Å²) in [6.45, 7) is 4.57. The Morgan fingerprint density at radius 1 is 1.11 bits per heavy atom. The predicted octanol–water partition coefficient (Wildman–Crippen LogP) is 6.04. The first-order valence-electron chi connectivity index (χ1n) is 8.99. The molecule has 0 aliphatic carbocycles. The lowest BCUT2D eigenvalue weighted by molar-refractivity contribution is -0.137. The molecule has 1 unspecified atom stereocenters. The Kier molecular flexibility index (Phi) is 7.57. The van der Waals surface area contributed by atoms with Gasteiger partial charge in [0.15, 0.2) is 0 Å². The molecule has 1 atom stereocenters. The molecule has 2 aromatic carbocycles. The monoisotopic (exact) mass is 399 g/mol. The topological polar surface area (TPSA) is 21.3 Å². The molecule has 0 spiro atoms. The van der Waals surface area contributed by atoms with Crippen LogP contribution in [0.15, 0.2) is 36.4 Å². The number of aryl methyl sites for hydroxylation is 2. The van der Waals surface area contributed by atoms with Crippen molar-refractivity contribution in [1.29, 1.82) is 0 Å². The van der Waals surface area contributed by atoms with E-state index >= 15 is 0 Å². The number of alkyl halides is 3. The van der Waals surface area contributed by atoms with Crippen molar-refractivity contribution < 1.29 is 17.9 Å². The number of benzene rings is 2. The highest BCUT2D eigenvalue weighted by molar-refractivity contribution is 6.31. The van der Waals surface area contributed by atoms with Crippen LogP contribution < -0.4 is 10.1 Å². The van der Waals surface area contributed by atoms with Crippen LogP contribution in [-0.4, -0.2) is 13.2 Å². The lowest BCUT2D eigenvalue weighted by atomic mass is 10.0. The molecule has 0 saturated carbocycles. The number of nitrogens with one attached hydrogen (secondary N) is 1. The highest BCUT2D eigenvalue weighted by atomic mass is 35.5. The Bertz CT molecular complexity index is 762. The number of ether oxygens (including phenoxy) is 1. The minimum Gasteiger partial charge on any atom is -0.496 e. The maximum absolute atomic E-state index is 12.8. The number of hydrogen-bond donors (Lipinski definition) is 1. The van der Waals surface area contributed by atoms with E-state index in [9.17, 15) is 13.2 Å². The minimum atomic E-state index is -4.37. The largest absolute Gasteiger partial charge is 0.496 e. The summed E-state index contributed by atoms with van der Waals surface area (Å²) in [5, 5.41) is 4.14. The molecule has 1 N–H and O–H groups in total. The fourth-order valence-electron chi connectivity index (χ4n) is 2.87. The average Bonchev–Trinajstić information content (AvgIpc) is 2.63. The third kappa shape index (κ3) is 6.15. The summed E-state index contributed by atoms with van der Waals surface area (Å²) in [7, 11) is 1.38. The molecule has 2 nitrogen and oxygen atoms in total. The molecule has 0 aliphatic heterocycles. The Labute approximate surface area is 163 Å². The van der Waals surface area contributed by atoms with E-state index in [1.165, 1.54) is 18.7 Å². The van der Waals surface area contributed by atoms with Crippen molar-refractivity contribution in [1.82, 2.24) is 5.32 Å². The molecule has 0 heterocycles. The highest BCUT2D eigenvalue weighted by Crippen LogP contribution is 2.33. The van der Waals surface area contributed by atoms with Crippen molar-refractivity contribution >= 4 is 11.6 Å². The van der Waals surface area contributed by atoms with Gasteiger partial charge in [-0.15, -0.1) is 0 Å². The molecule has 148 valence electrons. The van der Waals surface area contributed by atoms with E-state index in [0.717, 1.165) is 42.0 Å². The molecule has 0 fully saturated rings. The quantitative estimate of drug-likeness (QED) is 0.584. The Morgan fingerprint density at radius 2 is 1.81 bits per heavy atom. The number of rotatable bonds is 8. The predicted molar refractivity (Wildman–Crippen MR) is 103 cm³/mol. The van der Waals surface area contributed by atoms with E-state index in [1.54, 1.807) is 0 Å². The number of halogens is 4. The second-order valence-corrected chi connectivity index (χ2v) is 7.03. The first-order chi connectivity index (χ1) is 12.7. The standard InChI is InChI=1S/C21H25ClF3NO/c1-4-16-8-7-15(11-19(16)22)6-5-14(2)26-13-17-9-10-18(21(23,24)25)12-20(17)27-3/h7-12,14,26H,4-6,13H2,1-3H3. The fourth-order valence-corrected chi connectivity index (χ4v) is 3.21. The van der Waals surface area contributed by atoms with Gasteiger partial charge in [-0.25, -0.2) is 0 Å². The molecule has 0 aliphatic rings. The van der Waals surface area contributed by atoms with Gasteiger partial charge >= 0.3 is 6.18 Å². The summed E-state index contributed by atoms with van der Waals surface area (Å²) in [5.74, 6) is 0.242. The first-order valence-corrected chi connectivity index (χ1v) is 9.37. The van der Waals surface area contributed by atoms with Gasteiger partial charge in [0, 0.05) is 23.2 Å². The van der Waals surface area contributed by atoms with Crippen LogP contribution in [-0.2, 0) is 25.6 Å². The summed E-state index contributed by atoms with van der Waals surface area (Å²) < 4.78 is 43.5. The van der Waals surface area contributed by atoms with Crippen molar-refractivity contribution in [3.8, 4) is 5.75 Å². The zero-order valence-electron chi connectivity index (χ0n) is 15.8. The third-order valence-electron chi connectivity index (χ3n) is 4.62. The summed E-state index contributed by atoms with van der Waals surface area (Å²) in [5.41, 5.74) is 2.31. The van der Waals surface area contributed by atoms with E-state index in [1.807, 2.05) is 6.07 Å². The van der Waals surface area contributed by atoms with Crippen LogP contribution in [0.2, 0.25) is 5.02 Å². The molecular formula is C21H25ClF3NO. The fraction of sp³-hybridized carbons (Fsp3) is 0.429. The van der Waals surface area contributed by atoms with Crippen LogP contribution in [0.4, 0.5) is 13.2 Å². The van der Waals surface area contributed by atoms with Crippen molar-refractivity contribution in [2.45, 2.75) is 51.9 Å². The SMILES string of the molecule is CCc1ccc(CCC(C)NCc2ccc(C(F)(F)F)cc2OC)cc1Cl. The van der Waals surface area contributed by atoms with E-state index in [2.05, 4.69) is 31.3 Å². The molecule has 0 saturated heterocycles. The maximum atomic E-state index is 12.8. The lowest BCUT2D eigenvalue weighted by Gasteiger charge is -2.17. The minimum absolute atomic E-state index is 0.196. The number of hydrogen-bond acceptors (Lipinski definition) is 2. The van der Waals surface area contributed by atoms with E-state index < -0.39 is 11.7 Å². The van der Waals surface area contributed by atoms with Gasteiger partial charge in [0.25, 0.3) is 0 Å². The second-order valence-electron chi connectivity index (χ2n) is 6.62. The maximum Gasteiger partial charge on any atom is 0.416 e. The van der Waals surface area contributed by atoms with Gasteiger partial charge < -0.3 is 10.1 Å². The van der Waals surface area contributed by atoms with Gasteiger partial charge in [-0.1, -0.05) is 36.7 Å². The summed E-state index contributed by atoms with van der Waals surface area (Å²) in [4.78, 5) is 0. The van der Waals surface area contributed by atoms with Gasteiger partial charge in [-0.2, -0.15) is 13.2 Å². The zero-order valence-corrected chi connectivity index (χ0v) is 16.5. The number of methoxy groups -OCH3 is 1. The van der Waals surface area contributed by atoms with E-state index in [4.69, 9.17) is 16.3 Å². The Morgan fingerprint density at radius 3 is 2.41 bits per heavy atom. The van der Waals surface area contributed by atoms with Crippen molar-refractivity contribution in [3.63, 3.8) is 0 Å². The molecule has 2 aromatic rings. The van der Waals surface area contributed by atoms with Crippen molar-refractivity contribution in [3.05, 3.63) is 63.7 Å². The zero-order chi connectivity index (χ0) is 20.0. The van der Waals surface area contributed by atoms with Crippen LogP contribution in [0.1, 0.15) is 42.5 Å². The Balaban J connectivity index is 1.91. The van der Waals surface area contributed by atoms with Gasteiger partial charge in [0.2, 0.25) is 0 Å². The van der Waals surface area contributed by atoms with Crippen LogP contribution in [0.3, 0.4) is 0 Å². The third-order valence-corrected chi connectivity index (χ3v) is 4.97. The Hall–Kier alpha value is -1.72. The molecule has 0 amide bonds. The molecule has 0 radical (unpaired) electrons. The van der Waals surface area contributed by atoms with Gasteiger partial charge in [0.05, 0.1) is 12.7 Å². The molecule has 27 heavy (non-hydrogen) atoms. The van der Waals surface area contributed by atoms with Gasteiger partial charge in [-0.05, 0) is 55.5 Å². The molecular weight excluding hydrogens is 375 g/mol. The van der Waals surface area contributed by atoms with Crippen molar-refractivity contribution in [2.24, 2.45) is 0 Å². The molecule has 6 heteroatoms. The van der Waals surface area contributed by atoms with E-state index in [0.29, 0.717) is 12.1 Å². The van der Waals surface area contributed by atoms with Gasteiger partial charge in [-0.3, -0.25) is 0 Å². The van der Waals surface area contributed by atoms with Crippen molar-refractivity contribution in [2.75, 3.05) is 7.11 Å². The summed E-state index contributed by atoms with van der Waals surface area (Å²) in [6, 6.07) is 9.94. The van der Waals surface area contributed by atoms with Crippen LogP contribution in [0.25, 0.3) is 0 Å².